The van der Waals surface area contributed by atoms with Gasteiger partial charge in [-0.3, -0.25) is 0 Å². The van der Waals surface area contributed by atoms with Crippen LogP contribution < -0.4 is 4.74 Å². The Kier molecular flexibility index (Phi) is 4.71. The molecule has 1 aromatic carbocycles. The van der Waals surface area contributed by atoms with Crippen molar-refractivity contribution < 1.29 is 13.5 Å². The van der Waals surface area contributed by atoms with Gasteiger partial charge in [0.1, 0.15) is 5.75 Å². The van der Waals surface area contributed by atoms with E-state index in [4.69, 9.17) is 10.00 Å². The second-order valence-electron chi connectivity index (χ2n) is 3.26. The van der Waals surface area contributed by atoms with Crippen molar-refractivity contribution in [3.05, 3.63) is 29.3 Å². The molecule has 0 aromatic heterocycles. The van der Waals surface area contributed by atoms with Crippen LogP contribution >= 0.6 is 0 Å². The summed E-state index contributed by atoms with van der Waals surface area (Å²) < 4.78 is 30.4. The highest BCUT2D eigenvalue weighted by molar-refractivity contribution is 5.38. The number of ether oxygens (including phenoxy) is 1. The van der Waals surface area contributed by atoms with Crippen molar-refractivity contribution in [3.63, 3.8) is 0 Å². The van der Waals surface area contributed by atoms with Gasteiger partial charge in [0, 0.05) is 6.42 Å². The van der Waals surface area contributed by atoms with Crippen LogP contribution in [0.3, 0.4) is 0 Å². The average molecular weight is 225 g/mol. The molecule has 0 fully saturated rings. The van der Waals surface area contributed by atoms with Crippen LogP contribution in [0.1, 0.15) is 30.9 Å². The van der Waals surface area contributed by atoms with Gasteiger partial charge >= 0.3 is 0 Å². The lowest BCUT2D eigenvalue weighted by Crippen LogP contribution is -1.98. The molecule has 0 bridgehead atoms. The number of rotatable bonds is 5. The zero-order valence-corrected chi connectivity index (χ0v) is 9.04. The van der Waals surface area contributed by atoms with Gasteiger partial charge in [-0.05, 0) is 31.0 Å². The standard InChI is InChI=1S/C12H13F2NO/c1-2-16-11-8-9(4-3-7-15)5-6-10(11)12(13)14/h5-6,8,12H,2-4H2,1H3. The van der Waals surface area contributed by atoms with Crippen molar-refractivity contribution in [2.45, 2.75) is 26.2 Å². The fourth-order valence-electron chi connectivity index (χ4n) is 1.40. The third kappa shape index (κ3) is 3.20. The van der Waals surface area contributed by atoms with E-state index in [1.807, 2.05) is 6.07 Å². The molecule has 0 radical (unpaired) electrons. The van der Waals surface area contributed by atoms with Crippen LogP contribution in [-0.4, -0.2) is 6.61 Å². The molecule has 0 amide bonds. The van der Waals surface area contributed by atoms with Crippen molar-refractivity contribution in [2.24, 2.45) is 0 Å². The maximum Gasteiger partial charge on any atom is 0.267 e. The van der Waals surface area contributed by atoms with Crippen LogP contribution in [0.2, 0.25) is 0 Å². The number of halogens is 2. The molecule has 0 aliphatic rings. The topological polar surface area (TPSA) is 33.0 Å². The molecule has 4 heteroatoms. The predicted octanol–water partition coefficient (Wildman–Crippen LogP) is 3.48. The highest BCUT2D eigenvalue weighted by Crippen LogP contribution is 2.30. The molecule has 1 rings (SSSR count). The Bertz CT molecular complexity index is 385. The molecule has 0 aliphatic heterocycles. The molecular formula is C12H13F2NO. The molecule has 0 saturated carbocycles. The van der Waals surface area contributed by atoms with Gasteiger partial charge in [0.15, 0.2) is 0 Å². The number of aryl methyl sites for hydroxylation is 1. The Hall–Kier alpha value is -1.63. The fraction of sp³-hybridized carbons (Fsp3) is 0.417. The van der Waals surface area contributed by atoms with E-state index in [0.29, 0.717) is 19.4 Å². The molecule has 16 heavy (non-hydrogen) atoms. The van der Waals surface area contributed by atoms with E-state index < -0.39 is 6.43 Å². The van der Waals surface area contributed by atoms with E-state index in [1.165, 1.54) is 6.07 Å². The minimum absolute atomic E-state index is 0.0949. The van der Waals surface area contributed by atoms with Crippen LogP contribution in [0.25, 0.3) is 0 Å². The van der Waals surface area contributed by atoms with Gasteiger partial charge in [-0.2, -0.15) is 5.26 Å². The Balaban J connectivity index is 2.93. The first kappa shape index (κ1) is 12.4. The Labute approximate surface area is 93.5 Å². The van der Waals surface area contributed by atoms with Crippen molar-refractivity contribution in [1.29, 1.82) is 5.26 Å². The van der Waals surface area contributed by atoms with Gasteiger partial charge in [-0.15, -0.1) is 0 Å². The van der Waals surface area contributed by atoms with Crippen molar-refractivity contribution in [3.8, 4) is 11.8 Å². The fourth-order valence-corrected chi connectivity index (χ4v) is 1.40. The third-order valence-corrected chi connectivity index (χ3v) is 2.14. The maximum atomic E-state index is 12.6. The van der Waals surface area contributed by atoms with Crippen LogP contribution in [0.5, 0.6) is 5.75 Å². The summed E-state index contributed by atoms with van der Waals surface area (Å²) >= 11 is 0. The molecular weight excluding hydrogens is 212 g/mol. The van der Waals surface area contributed by atoms with Crippen LogP contribution in [-0.2, 0) is 6.42 Å². The summed E-state index contributed by atoms with van der Waals surface area (Å²) in [6, 6.07) is 6.58. The predicted molar refractivity (Wildman–Crippen MR) is 56.5 cm³/mol. The van der Waals surface area contributed by atoms with Crippen molar-refractivity contribution in [2.75, 3.05) is 6.61 Å². The minimum Gasteiger partial charge on any atom is -0.493 e. The largest absolute Gasteiger partial charge is 0.493 e. The molecule has 0 N–H and O–H groups in total. The van der Waals surface area contributed by atoms with E-state index >= 15 is 0 Å². The number of nitrogens with zero attached hydrogens (tertiary/aromatic N) is 1. The number of benzene rings is 1. The second-order valence-corrected chi connectivity index (χ2v) is 3.26. The van der Waals surface area contributed by atoms with Crippen LogP contribution in [0.15, 0.2) is 18.2 Å². The quantitative estimate of drug-likeness (QED) is 0.768. The zero-order chi connectivity index (χ0) is 12.0. The third-order valence-electron chi connectivity index (χ3n) is 2.14. The SMILES string of the molecule is CCOc1cc(CCC#N)ccc1C(F)F. The Morgan fingerprint density at radius 1 is 1.44 bits per heavy atom. The molecule has 0 heterocycles. The molecule has 0 saturated heterocycles. The normalized spacial score (nSPS) is 10.2. The monoisotopic (exact) mass is 225 g/mol. The average Bonchev–Trinajstić information content (AvgIpc) is 2.26. The van der Waals surface area contributed by atoms with Crippen LogP contribution in [0.4, 0.5) is 8.78 Å². The summed E-state index contributed by atoms with van der Waals surface area (Å²) in [5, 5.41) is 8.44. The minimum atomic E-state index is -2.54. The number of alkyl halides is 2. The highest BCUT2D eigenvalue weighted by atomic mass is 19.3. The lowest BCUT2D eigenvalue weighted by molar-refractivity contribution is 0.145. The van der Waals surface area contributed by atoms with Gasteiger partial charge in [0.2, 0.25) is 0 Å². The second kappa shape index (κ2) is 6.06. The summed E-state index contributed by atoms with van der Waals surface area (Å²) in [5.74, 6) is 0.216. The molecule has 1 aromatic rings. The summed E-state index contributed by atoms with van der Waals surface area (Å²) in [4.78, 5) is 0. The first-order valence-corrected chi connectivity index (χ1v) is 5.09. The molecule has 0 atom stereocenters. The maximum absolute atomic E-state index is 12.6. The van der Waals surface area contributed by atoms with Gasteiger partial charge < -0.3 is 4.74 Å². The molecule has 0 aliphatic carbocycles. The van der Waals surface area contributed by atoms with E-state index in [0.717, 1.165) is 5.56 Å². The first-order chi connectivity index (χ1) is 7.69. The van der Waals surface area contributed by atoms with E-state index in [1.54, 1.807) is 19.1 Å². The number of hydrogen-bond acceptors (Lipinski definition) is 2. The van der Waals surface area contributed by atoms with Gasteiger partial charge in [-0.25, -0.2) is 8.78 Å². The van der Waals surface area contributed by atoms with Gasteiger partial charge in [0.25, 0.3) is 6.43 Å². The molecule has 2 nitrogen and oxygen atoms in total. The van der Waals surface area contributed by atoms with E-state index in [9.17, 15) is 8.78 Å². The summed E-state index contributed by atoms with van der Waals surface area (Å²) in [6.07, 6.45) is -1.61. The highest BCUT2D eigenvalue weighted by Gasteiger charge is 2.14. The van der Waals surface area contributed by atoms with Gasteiger partial charge in [-0.1, -0.05) is 6.07 Å². The summed E-state index contributed by atoms with van der Waals surface area (Å²) in [5.41, 5.74) is 0.747. The molecule has 0 spiro atoms. The summed E-state index contributed by atoms with van der Waals surface area (Å²) in [7, 11) is 0. The Morgan fingerprint density at radius 2 is 2.19 bits per heavy atom. The lowest BCUT2D eigenvalue weighted by Gasteiger charge is -2.11. The van der Waals surface area contributed by atoms with Crippen molar-refractivity contribution >= 4 is 0 Å². The first-order valence-electron chi connectivity index (χ1n) is 5.09. The smallest absolute Gasteiger partial charge is 0.267 e. The van der Waals surface area contributed by atoms with Crippen LogP contribution in [0, 0.1) is 11.3 Å². The summed E-state index contributed by atoms with van der Waals surface area (Å²) in [6.45, 7) is 2.10. The number of hydrogen-bond donors (Lipinski definition) is 0. The van der Waals surface area contributed by atoms with E-state index in [-0.39, 0.29) is 11.3 Å². The Morgan fingerprint density at radius 3 is 2.75 bits per heavy atom. The van der Waals surface area contributed by atoms with Gasteiger partial charge in [0.05, 0.1) is 18.2 Å². The van der Waals surface area contributed by atoms with Crippen molar-refractivity contribution in [1.82, 2.24) is 0 Å². The van der Waals surface area contributed by atoms with E-state index in [2.05, 4.69) is 0 Å². The number of nitriles is 1. The molecule has 86 valence electrons. The molecule has 0 unspecified atom stereocenters. The zero-order valence-electron chi connectivity index (χ0n) is 9.04. The lowest BCUT2D eigenvalue weighted by atomic mass is 10.1.